The van der Waals surface area contributed by atoms with Gasteiger partial charge in [-0.3, -0.25) is 24.1 Å². The van der Waals surface area contributed by atoms with Crippen molar-refractivity contribution in [3.8, 4) is 5.75 Å². The van der Waals surface area contributed by atoms with Gasteiger partial charge in [0.25, 0.3) is 0 Å². The molecule has 2 saturated heterocycles. The number of aromatic hydroxyl groups is 1. The summed E-state index contributed by atoms with van der Waals surface area (Å²) < 4.78 is 0.978. The van der Waals surface area contributed by atoms with Crippen LogP contribution >= 0.6 is 34.2 Å². The predicted octanol–water partition coefficient (Wildman–Crippen LogP) is 7.75. The van der Waals surface area contributed by atoms with Crippen LogP contribution in [0.5, 0.6) is 5.75 Å². The highest BCUT2D eigenvalue weighted by Crippen LogP contribution is 2.65. The van der Waals surface area contributed by atoms with Gasteiger partial charge in [-0.15, -0.1) is 6.58 Å². The summed E-state index contributed by atoms with van der Waals surface area (Å²) in [5.74, 6) is -5.01. The van der Waals surface area contributed by atoms with Crippen molar-refractivity contribution in [2.75, 3.05) is 9.80 Å². The van der Waals surface area contributed by atoms with Crippen LogP contribution < -0.4 is 9.80 Å². The number of para-hydroxylation sites is 1. The Labute approximate surface area is 308 Å². The maximum absolute atomic E-state index is 15.4. The first-order chi connectivity index (χ1) is 24.2. The molecule has 4 aliphatic rings. The van der Waals surface area contributed by atoms with Crippen LogP contribution in [-0.4, -0.2) is 28.7 Å². The third-order valence-electron chi connectivity index (χ3n) is 11.1. The average Bonchev–Trinajstić information content (AvgIpc) is 3.51. The molecular formula is C41H32ClIN2O5. The van der Waals surface area contributed by atoms with Crippen LogP contribution in [0, 0.1) is 27.2 Å². The molecule has 0 radical (unpaired) electrons. The summed E-state index contributed by atoms with van der Waals surface area (Å²) in [5.41, 5.74) is 1.95. The fraction of sp³-hybridized carbons (Fsp3) is 0.220. The lowest BCUT2D eigenvalue weighted by Crippen LogP contribution is -2.53. The zero-order valence-corrected chi connectivity index (χ0v) is 29.8. The minimum absolute atomic E-state index is 0.0194. The number of allylic oxidation sites excluding steroid dienone is 3. The molecule has 2 heterocycles. The van der Waals surface area contributed by atoms with Crippen molar-refractivity contribution in [3.63, 3.8) is 0 Å². The first-order valence-corrected chi connectivity index (χ1v) is 18.1. The molecule has 2 aliphatic heterocycles. The van der Waals surface area contributed by atoms with Crippen LogP contribution in [0.3, 0.4) is 0 Å². The largest absolute Gasteiger partial charge is 0.507 e. The van der Waals surface area contributed by atoms with E-state index in [1.54, 1.807) is 42.5 Å². The second kappa shape index (κ2) is 12.3. The summed E-state index contributed by atoms with van der Waals surface area (Å²) in [6.07, 6.45) is 4.56. The Hall–Kier alpha value is -4.54. The molecule has 1 N–H and O–H groups in total. The van der Waals surface area contributed by atoms with Gasteiger partial charge in [-0.2, -0.15) is 0 Å². The maximum Gasteiger partial charge on any atom is 0.246 e. The lowest BCUT2D eigenvalue weighted by molar-refractivity contribution is -0.127. The van der Waals surface area contributed by atoms with Gasteiger partial charge in [0.1, 0.15) is 5.75 Å². The van der Waals surface area contributed by atoms with Crippen LogP contribution in [0.1, 0.15) is 35.4 Å². The van der Waals surface area contributed by atoms with Crippen LogP contribution in [0.4, 0.5) is 11.4 Å². The highest BCUT2D eigenvalue weighted by molar-refractivity contribution is 14.1. The molecule has 1 saturated carbocycles. The molecule has 9 heteroatoms. The van der Waals surface area contributed by atoms with E-state index < -0.39 is 46.8 Å². The number of halogens is 2. The van der Waals surface area contributed by atoms with E-state index in [4.69, 9.17) is 11.6 Å². The van der Waals surface area contributed by atoms with Crippen molar-refractivity contribution >= 4 is 69.2 Å². The number of carbonyl (C=O) groups is 4. The van der Waals surface area contributed by atoms with E-state index in [1.807, 2.05) is 66.7 Å². The Morgan fingerprint density at radius 3 is 2.30 bits per heavy atom. The lowest BCUT2D eigenvalue weighted by atomic mass is 9.49. The molecular weight excluding hydrogens is 763 g/mol. The van der Waals surface area contributed by atoms with Gasteiger partial charge >= 0.3 is 0 Å². The summed E-state index contributed by atoms with van der Waals surface area (Å²) in [5, 5.41) is 12.4. The van der Waals surface area contributed by atoms with E-state index in [0.29, 0.717) is 45.9 Å². The number of anilines is 2. The fourth-order valence-corrected chi connectivity index (χ4v) is 9.64. The Bertz CT molecular complexity index is 2130. The van der Waals surface area contributed by atoms with Gasteiger partial charge in [0, 0.05) is 20.1 Å². The number of amides is 4. The Kier molecular flexibility index (Phi) is 8.06. The first kappa shape index (κ1) is 32.7. The van der Waals surface area contributed by atoms with Crippen molar-refractivity contribution in [2.24, 2.45) is 23.7 Å². The molecule has 4 aromatic rings. The van der Waals surface area contributed by atoms with Gasteiger partial charge in [0.05, 0.1) is 34.5 Å². The van der Waals surface area contributed by atoms with Crippen LogP contribution in [-0.2, 0) is 31.0 Å². The molecule has 0 bridgehead atoms. The van der Waals surface area contributed by atoms with Gasteiger partial charge in [0.15, 0.2) is 0 Å². The molecule has 4 amide bonds. The fourth-order valence-electron chi connectivity index (χ4n) is 9.10. The number of hydrogen-bond donors (Lipinski definition) is 1. The average molecular weight is 795 g/mol. The summed E-state index contributed by atoms with van der Waals surface area (Å²) in [4.78, 5) is 61.3. The predicted molar refractivity (Wildman–Crippen MR) is 200 cm³/mol. The second-order valence-electron chi connectivity index (χ2n) is 13.4. The molecule has 2 aliphatic carbocycles. The molecule has 4 aromatic carbocycles. The van der Waals surface area contributed by atoms with Gasteiger partial charge in [-0.1, -0.05) is 83.9 Å². The minimum Gasteiger partial charge on any atom is -0.507 e. The Balaban J connectivity index is 1.37. The number of benzene rings is 4. The van der Waals surface area contributed by atoms with E-state index in [1.165, 1.54) is 9.80 Å². The summed E-state index contributed by atoms with van der Waals surface area (Å²) >= 11 is 8.59. The van der Waals surface area contributed by atoms with Gasteiger partial charge in [-0.05, 0) is 101 Å². The number of hydrogen-bond acceptors (Lipinski definition) is 5. The summed E-state index contributed by atoms with van der Waals surface area (Å²) in [6.45, 7) is 3.87. The van der Waals surface area contributed by atoms with E-state index >= 15 is 4.79 Å². The maximum atomic E-state index is 15.4. The molecule has 8 rings (SSSR count). The third kappa shape index (κ3) is 4.67. The van der Waals surface area contributed by atoms with E-state index in [-0.39, 0.29) is 24.0 Å². The Morgan fingerprint density at radius 1 is 0.840 bits per heavy atom. The zero-order valence-electron chi connectivity index (χ0n) is 26.8. The summed E-state index contributed by atoms with van der Waals surface area (Å²) in [7, 11) is 0. The number of phenols is 1. The molecule has 50 heavy (non-hydrogen) atoms. The van der Waals surface area contributed by atoms with Crippen molar-refractivity contribution < 1.29 is 24.3 Å². The molecule has 7 nitrogen and oxygen atoms in total. The van der Waals surface area contributed by atoms with Crippen LogP contribution in [0.15, 0.2) is 121 Å². The molecule has 250 valence electrons. The monoisotopic (exact) mass is 794 g/mol. The van der Waals surface area contributed by atoms with Crippen LogP contribution in [0.25, 0.3) is 0 Å². The zero-order chi connectivity index (χ0) is 34.9. The molecule has 0 spiro atoms. The van der Waals surface area contributed by atoms with Crippen molar-refractivity contribution in [1.29, 1.82) is 0 Å². The quantitative estimate of drug-likeness (QED) is 0.123. The highest BCUT2D eigenvalue weighted by atomic mass is 127. The molecule has 6 atom stereocenters. The van der Waals surface area contributed by atoms with E-state index in [2.05, 4.69) is 29.2 Å². The normalized spacial score (nSPS) is 27.2. The van der Waals surface area contributed by atoms with Gasteiger partial charge < -0.3 is 5.11 Å². The number of carbonyl (C=O) groups excluding carboxylic acids is 4. The van der Waals surface area contributed by atoms with Crippen molar-refractivity contribution in [2.45, 2.75) is 30.6 Å². The van der Waals surface area contributed by atoms with E-state index in [9.17, 15) is 19.5 Å². The molecule has 6 unspecified atom stereocenters. The summed E-state index contributed by atoms with van der Waals surface area (Å²) in [6, 6.07) is 28.7. The Morgan fingerprint density at radius 2 is 1.58 bits per heavy atom. The number of fused-ring (bicyclic) bond motifs is 4. The molecule has 0 aromatic heterocycles. The highest BCUT2D eigenvalue weighted by Gasteiger charge is 2.70. The van der Waals surface area contributed by atoms with Gasteiger partial charge in [0.2, 0.25) is 23.6 Å². The van der Waals surface area contributed by atoms with Crippen molar-refractivity contribution in [1.82, 2.24) is 0 Å². The number of nitrogens with zero attached hydrogens (tertiary/aromatic N) is 2. The third-order valence-corrected chi connectivity index (χ3v) is 12.0. The standard InChI is InChI=1S/C41H32ClIN2O5/c1-2-8-23-9-6-14-31(36(23)46)35-29-19-20-30-34(39(49)44(37(30)47)27-17-15-26(43)16-18-27)32(29)22-33-38(48)45(28-13-7-12-25(42)21-28)40(50)41(33,35)24-10-4-3-5-11-24/h2-7,9-19,21,30,32-35,46H,1,8,20,22H2. The van der Waals surface area contributed by atoms with Crippen LogP contribution in [0.2, 0.25) is 5.02 Å². The number of imide groups is 2. The van der Waals surface area contributed by atoms with Gasteiger partial charge in [-0.25, -0.2) is 4.90 Å². The minimum atomic E-state index is -1.47. The number of rotatable bonds is 6. The number of phenolic OH excluding ortho intramolecular Hbond substituents is 1. The lowest BCUT2D eigenvalue weighted by Gasteiger charge is -2.50. The first-order valence-electron chi connectivity index (χ1n) is 16.6. The smallest absolute Gasteiger partial charge is 0.246 e. The van der Waals surface area contributed by atoms with Crippen molar-refractivity contribution in [3.05, 3.63) is 147 Å². The SMILES string of the molecule is C=CCc1cccc(C2C3=CCC4C(=O)N(c5ccc(I)cc5)C(=O)C4C3CC3C(=O)N(c4cccc(Cl)c4)C(=O)C32c2ccccc2)c1O. The second-order valence-corrected chi connectivity index (χ2v) is 15.1. The topological polar surface area (TPSA) is 95.0 Å². The molecule has 3 fully saturated rings. The van der Waals surface area contributed by atoms with E-state index in [0.717, 1.165) is 9.14 Å².